The molecule has 0 unspecified atom stereocenters. The van der Waals surface area contributed by atoms with Crippen LogP contribution in [0.3, 0.4) is 0 Å². The number of hydrogen-bond donors (Lipinski definition) is 0. The van der Waals surface area contributed by atoms with Gasteiger partial charge in [-0.05, 0) is 42.2 Å². The summed E-state index contributed by atoms with van der Waals surface area (Å²) in [6.45, 7) is 0.788. The van der Waals surface area contributed by atoms with Gasteiger partial charge in [0.2, 0.25) is 5.95 Å². The van der Waals surface area contributed by atoms with Crippen LogP contribution in [0.25, 0.3) is 17.1 Å². The van der Waals surface area contributed by atoms with Crippen molar-refractivity contribution in [3.05, 3.63) is 96.5 Å². The standard InChI is InChI=1S/C23H21N7/c1-2-6-19(7-3-1)16-21-25-17-20-22(28-21)29(23(27-20)30-15-5-11-26-30)14-4-8-18-9-12-24-13-10-18/h1-3,5-7,9-13,15,17H,4,8,14,16H2. The quantitative estimate of drug-likeness (QED) is 0.421. The molecule has 0 N–H and O–H groups in total. The third-order valence-electron chi connectivity index (χ3n) is 5.03. The Morgan fingerprint density at radius 2 is 1.70 bits per heavy atom. The number of aryl methyl sites for hydroxylation is 2. The van der Waals surface area contributed by atoms with Crippen LogP contribution in [-0.4, -0.2) is 34.3 Å². The van der Waals surface area contributed by atoms with E-state index in [2.05, 4.69) is 43.9 Å². The smallest absolute Gasteiger partial charge is 0.233 e. The van der Waals surface area contributed by atoms with Crippen molar-refractivity contribution < 1.29 is 0 Å². The van der Waals surface area contributed by atoms with Crippen LogP contribution in [0.2, 0.25) is 0 Å². The molecular formula is C23H21N7. The Hall–Kier alpha value is -3.87. The Morgan fingerprint density at radius 1 is 0.833 bits per heavy atom. The van der Waals surface area contributed by atoms with E-state index in [0.29, 0.717) is 6.42 Å². The van der Waals surface area contributed by atoms with Gasteiger partial charge < -0.3 is 0 Å². The Balaban J connectivity index is 1.48. The molecule has 0 aliphatic heterocycles. The molecule has 7 heteroatoms. The summed E-state index contributed by atoms with van der Waals surface area (Å²) in [5, 5.41) is 4.38. The van der Waals surface area contributed by atoms with Crippen molar-refractivity contribution in [2.24, 2.45) is 0 Å². The van der Waals surface area contributed by atoms with Crippen LogP contribution in [0.15, 0.2) is 79.5 Å². The van der Waals surface area contributed by atoms with Gasteiger partial charge in [-0.15, -0.1) is 0 Å². The number of nitrogens with zero attached hydrogens (tertiary/aromatic N) is 7. The van der Waals surface area contributed by atoms with Crippen molar-refractivity contribution in [3.8, 4) is 5.95 Å². The van der Waals surface area contributed by atoms with Crippen LogP contribution in [0, 0.1) is 0 Å². The lowest BCUT2D eigenvalue weighted by Gasteiger charge is -2.09. The second-order valence-corrected chi connectivity index (χ2v) is 7.13. The van der Waals surface area contributed by atoms with Crippen molar-refractivity contribution in [1.29, 1.82) is 0 Å². The predicted octanol–water partition coefficient (Wildman–Crippen LogP) is 3.63. The minimum atomic E-state index is 0.691. The van der Waals surface area contributed by atoms with E-state index in [0.717, 1.165) is 42.3 Å². The number of hydrogen-bond acceptors (Lipinski definition) is 5. The molecule has 0 atom stereocenters. The lowest BCUT2D eigenvalue weighted by atomic mass is 10.1. The second kappa shape index (κ2) is 8.24. The van der Waals surface area contributed by atoms with E-state index in [9.17, 15) is 0 Å². The molecule has 4 aromatic heterocycles. The lowest BCUT2D eigenvalue weighted by Crippen LogP contribution is -2.09. The largest absolute Gasteiger partial charge is 0.293 e. The van der Waals surface area contributed by atoms with Crippen LogP contribution in [0.1, 0.15) is 23.4 Å². The maximum absolute atomic E-state index is 4.86. The summed E-state index contributed by atoms with van der Waals surface area (Å²) in [6.07, 6.45) is 11.7. The first kappa shape index (κ1) is 18.2. The molecule has 0 aliphatic rings. The highest BCUT2D eigenvalue weighted by atomic mass is 15.4. The van der Waals surface area contributed by atoms with Crippen molar-refractivity contribution >= 4 is 11.2 Å². The average Bonchev–Trinajstić information content (AvgIpc) is 3.44. The summed E-state index contributed by atoms with van der Waals surface area (Å²) >= 11 is 0. The van der Waals surface area contributed by atoms with E-state index in [4.69, 9.17) is 9.97 Å². The Kier molecular flexibility index (Phi) is 4.99. The Morgan fingerprint density at radius 3 is 2.50 bits per heavy atom. The molecule has 148 valence electrons. The summed E-state index contributed by atoms with van der Waals surface area (Å²) in [5.41, 5.74) is 4.08. The van der Waals surface area contributed by atoms with Crippen LogP contribution < -0.4 is 0 Å². The highest BCUT2D eigenvalue weighted by molar-refractivity contribution is 5.72. The summed E-state index contributed by atoms with van der Waals surface area (Å²) in [5.74, 6) is 1.55. The minimum absolute atomic E-state index is 0.691. The number of rotatable bonds is 7. The predicted molar refractivity (Wildman–Crippen MR) is 114 cm³/mol. The van der Waals surface area contributed by atoms with Crippen LogP contribution in [-0.2, 0) is 19.4 Å². The first-order chi connectivity index (χ1) is 14.9. The van der Waals surface area contributed by atoms with Crippen molar-refractivity contribution in [3.63, 3.8) is 0 Å². The molecule has 0 spiro atoms. The van der Waals surface area contributed by atoms with E-state index in [1.165, 1.54) is 11.1 Å². The SMILES string of the molecule is c1ccc(Cc2ncc3nc(-n4cccn4)n(CCCc4ccncc4)c3n2)cc1. The molecule has 4 heterocycles. The first-order valence-electron chi connectivity index (χ1n) is 10.0. The van der Waals surface area contributed by atoms with Gasteiger partial charge in [0, 0.05) is 37.8 Å². The van der Waals surface area contributed by atoms with E-state index in [1.54, 1.807) is 10.9 Å². The molecule has 0 bridgehead atoms. The summed E-state index contributed by atoms with van der Waals surface area (Å²) in [6, 6.07) is 16.3. The van der Waals surface area contributed by atoms with Gasteiger partial charge in [0.1, 0.15) is 11.3 Å². The highest BCUT2D eigenvalue weighted by Gasteiger charge is 2.15. The molecule has 0 saturated carbocycles. The fraction of sp³-hybridized carbons (Fsp3) is 0.174. The fourth-order valence-electron chi connectivity index (χ4n) is 3.56. The van der Waals surface area contributed by atoms with Crippen molar-refractivity contribution in [2.75, 3.05) is 0 Å². The Labute approximate surface area is 174 Å². The molecular weight excluding hydrogens is 374 g/mol. The molecule has 7 nitrogen and oxygen atoms in total. The van der Waals surface area contributed by atoms with Gasteiger partial charge in [-0.1, -0.05) is 30.3 Å². The molecule has 5 rings (SSSR count). The van der Waals surface area contributed by atoms with E-state index in [-0.39, 0.29) is 0 Å². The van der Waals surface area contributed by atoms with Gasteiger partial charge in [-0.3, -0.25) is 9.55 Å². The fourth-order valence-corrected chi connectivity index (χ4v) is 3.56. The molecule has 0 radical (unpaired) electrons. The van der Waals surface area contributed by atoms with Gasteiger partial charge in [-0.25, -0.2) is 19.6 Å². The maximum Gasteiger partial charge on any atom is 0.233 e. The number of benzene rings is 1. The number of imidazole rings is 1. The second-order valence-electron chi connectivity index (χ2n) is 7.13. The average molecular weight is 395 g/mol. The summed E-state index contributed by atoms with van der Waals surface area (Å²) in [4.78, 5) is 18.3. The minimum Gasteiger partial charge on any atom is -0.293 e. The zero-order valence-electron chi connectivity index (χ0n) is 16.5. The van der Waals surface area contributed by atoms with Crippen molar-refractivity contribution in [1.82, 2.24) is 34.3 Å². The summed E-state index contributed by atoms with van der Waals surface area (Å²) < 4.78 is 3.92. The van der Waals surface area contributed by atoms with Gasteiger partial charge >= 0.3 is 0 Å². The van der Waals surface area contributed by atoms with E-state index in [1.807, 2.05) is 49.1 Å². The van der Waals surface area contributed by atoms with Gasteiger partial charge in [0.05, 0.1) is 6.20 Å². The number of pyridine rings is 1. The maximum atomic E-state index is 4.86. The molecule has 5 aromatic rings. The lowest BCUT2D eigenvalue weighted by molar-refractivity contribution is 0.620. The zero-order chi connectivity index (χ0) is 20.2. The van der Waals surface area contributed by atoms with Gasteiger partial charge in [0.15, 0.2) is 5.65 Å². The van der Waals surface area contributed by atoms with Crippen LogP contribution >= 0.6 is 0 Å². The van der Waals surface area contributed by atoms with Crippen LogP contribution in [0.5, 0.6) is 0 Å². The van der Waals surface area contributed by atoms with E-state index < -0.39 is 0 Å². The topological polar surface area (TPSA) is 74.3 Å². The third-order valence-corrected chi connectivity index (χ3v) is 5.03. The van der Waals surface area contributed by atoms with Gasteiger partial charge in [-0.2, -0.15) is 5.10 Å². The van der Waals surface area contributed by atoms with Crippen LogP contribution in [0.4, 0.5) is 0 Å². The molecule has 30 heavy (non-hydrogen) atoms. The molecule has 0 saturated heterocycles. The molecule has 0 amide bonds. The number of aromatic nitrogens is 7. The van der Waals surface area contributed by atoms with E-state index >= 15 is 0 Å². The Bertz CT molecular complexity index is 1230. The number of fused-ring (bicyclic) bond motifs is 1. The zero-order valence-corrected chi connectivity index (χ0v) is 16.5. The monoisotopic (exact) mass is 395 g/mol. The normalized spacial score (nSPS) is 11.2. The molecule has 0 fully saturated rings. The highest BCUT2D eigenvalue weighted by Crippen LogP contribution is 2.19. The molecule has 1 aromatic carbocycles. The first-order valence-corrected chi connectivity index (χ1v) is 10.0. The third kappa shape index (κ3) is 3.82. The van der Waals surface area contributed by atoms with Gasteiger partial charge in [0.25, 0.3) is 0 Å². The van der Waals surface area contributed by atoms with Crippen molar-refractivity contribution in [2.45, 2.75) is 25.8 Å². The summed E-state index contributed by atoms with van der Waals surface area (Å²) in [7, 11) is 0. The molecule has 0 aliphatic carbocycles.